The van der Waals surface area contributed by atoms with Crippen molar-refractivity contribution in [2.24, 2.45) is 5.92 Å². The van der Waals surface area contributed by atoms with E-state index >= 15 is 0 Å². The van der Waals surface area contributed by atoms with Gasteiger partial charge in [0.05, 0.1) is 0 Å². The summed E-state index contributed by atoms with van der Waals surface area (Å²) < 4.78 is 0. The minimum atomic E-state index is 0. The molecule has 1 N–H and O–H groups in total. The largest absolute Gasteiger partial charge is 0.320 e. The summed E-state index contributed by atoms with van der Waals surface area (Å²) in [6, 6.07) is 0. The summed E-state index contributed by atoms with van der Waals surface area (Å²) in [6.45, 7) is 5.62. The quantitative estimate of drug-likeness (QED) is 0.823. The van der Waals surface area contributed by atoms with Crippen LogP contribution in [0.1, 0.15) is 20.3 Å². The molecule has 2 heteroatoms. The van der Waals surface area contributed by atoms with Crippen LogP contribution in [0, 0.1) is 50.9 Å². The molecule has 0 saturated carbocycles. The van der Waals surface area contributed by atoms with Crippen LogP contribution in [0.4, 0.5) is 0 Å². The fraction of sp³-hybridized carbons (Fsp3) is 1.00. The van der Waals surface area contributed by atoms with Crippen molar-refractivity contribution in [1.82, 2.24) is 5.32 Å². The summed E-state index contributed by atoms with van der Waals surface area (Å²) in [5.41, 5.74) is 0. The molecule has 0 rings (SSSR count). The average Bonchev–Trinajstić information content (AvgIpc) is 1.61. The van der Waals surface area contributed by atoms with Crippen LogP contribution in [0.15, 0.2) is 0 Å². The fourth-order valence-corrected chi connectivity index (χ4v) is 0.433. The standard InChI is InChI=1S/C6H15N.Ra/c1-6(2)4-5-7-3;/h6-7H,4-5H2,1-3H3;. The molecule has 0 aromatic rings. The van der Waals surface area contributed by atoms with E-state index in [0.717, 1.165) is 12.5 Å². The zero-order chi connectivity index (χ0) is 5.70. The van der Waals surface area contributed by atoms with Gasteiger partial charge in [-0.2, -0.15) is 0 Å². The van der Waals surface area contributed by atoms with Crippen molar-refractivity contribution in [3.05, 3.63) is 0 Å². The Bertz CT molecular complexity index is 37.5. The summed E-state index contributed by atoms with van der Waals surface area (Å²) >= 11 is 0. The van der Waals surface area contributed by atoms with Gasteiger partial charge in [-0.1, -0.05) is 13.8 Å². The molecule has 0 heterocycles. The van der Waals surface area contributed by atoms with E-state index in [4.69, 9.17) is 0 Å². The Kier molecular flexibility index (Phi) is 12.8. The number of hydrogen-bond donors (Lipinski definition) is 1. The van der Waals surface area contributed by atoms with Crippen LogP contribution in [-0.4, -0.2) is 13.6 Å². The van der Waals surface area contributed by atoms with Gasteiger partial charge in [0.2, 0.25) is 0 Å². The first-order valence-electron chi connectivity index (χ1n) is 2.92. The van der Waals surface area contributed by atoms with E-state index in [1.165, 1.54) is 6.42 Å². The van der Waals surface area contributed by atoms with Crippen LogP contribution < -0.4 is 5.32 Å². The summed E-state index contributed by atoms with van der Waals surface area (Å²) in [5, 5.41) is 3.10. The number of rotatable bonds is 3. The van der Waals surface area contributed by atoms with Gasteiger partial charge in [0, 0.05) is 45.0 Å². The molecule has 2 radical (unpaired) electrons. The molecule has 8 heavy (non-hydrogen) atoms. The van der Waals surface area contributed by atoms with Gasteiger partial charge in [-0.15, -0.1) is 0 Å². The van der Waals surface area contributed by atoms with Crippen LogP contribution in [0.25, 0.3) is 0 Å². The van der Waals surface area contributed by atoms with Crippen molar-refractivity contribution in [3.8, 4) is 0 Å². The Morgan fingerprint density at radius 2 is 1.88 bits per heavy atom. The van der Waals surface area contributed by atoms with Crippen LogP contribution in [0.5, 0.6) is 0 Å². The van der Waals surface area contributed by atoms with Crippen molar-refractivity contribution in [3.63, 3.8) is 0 Å². The third kappa shape index (κ3) is 10.4. The zero-order valence-electron chi connectivity index (χ0n) is 6.20. The van der Waals surface area contributed by atoms with E-state index in [9.17, 15) is 0 Å². The van der Waals surface area contributed by atoms with E-state index in [0.29, 0.717) is 0 Å². The Balaban J connectivity index is 0. The van der Waals surface area contributed by atoms with Gasteiger partial charge < -0.3 is 5.32 Å². The van der Waals surface area contributed by atoms with Crippen molar-refractivity contribution >= 4 is 0 Å². The molecule has 0 saturated heterocycles. The van der Waals surface area contributed by atoms with E-state index in [1.807, 2.05) is 7.05 Å². The monoisotopic (exact) mass is 327 g/mol. The number of nitrogens with one attached hydrogen (secondary N) is 1. The maximum atomic E-state index is 3.10. The Hall–Kier alpha value is 1.43. The molecule has 0 fully saturated rings. The van der Waals surface area contributed by atoms with Crippen LogP contribution in [0.2, 0.25) is 0 Å². The van der Waals surface area contributed by atoms with Crippen LogP contribution in [-0.2, 0) is 0 Å². The summed E-state index contributed by atoms with van der Waals surface area (Å²) in [4.78, 5) is 0. The molecule has 0 bridgehead atoms. The van der Waals surface area contributed by atoms with Crippen molar-refractivity contribution < 1.29 is 45.0 Å². The van der Waals surface area contributed by atoms with E-state index < -0.39 is 0 Å². The normalized spacial score (nSPS) is 9.00. The summed E-state index contributed by atoms with van der Waals surface area (Å²) in [6.07, 6.45) is 1.29. The predicted molar refractivity (Wildman–Crippen MR) is 33.4 cm³/mol. The molecule has 0 atom stereocenters. The van der Waals surface area contributed by atoms with E-state index in [1.54, 1.807) is 0 Å². The Morgan fingerprint density at radius 1 is 1.38 bits per heavy atom. The van der Waals surface area contributed by atoms with E-state index in [-0.39, 0.29) is 45.0 Å². The van der Waals surface area contributed by atoms with Gasteiger partial charge in [-0.05, 0) is 25.9 Å². The van der Waals surface area contributed by atoms with Crippen molar-refractivity contribution in [2.45, 2.75) is 20.3 Å². The van der Waals surface area contributed by atoms with Crippen molar-refractivity contribution in [2.75, 3.05) is 13.6 Å². The second-order valence-electron chi connectivity index (χ2n) is 2.29. The molecule has 0 aliphatic rings. The third-order valence-corrected chi connectivity index (χ3v) is 0.972. The first-order chi connectivity index (χ1) is 3.27. The minimum Gasteiger partial charge on any atom is -0.320 e. The molecule has 0 aromatic carbocycles. The molecule has 46 valence electrons. The second kappa shape index (κ2) is 8.43. The predicted octanol–water partition coefficient (Wildman–Crippen LogP) is 1.25. The van der Waals surface area contributed by atoms with Gasteiger partial charge in [-0.3, -0.25) is 0 Å². The van der Waals surface area contributed by atoms with Crippen LogP contribution in [0.3, 0.4) is 0 Å². The smallest absolute Gasteiger partial charge is 0 e. The minimum absolute atomic E-state index is 0. The maximum absolute atomic E-state index is 3.10. The first kappa shape index (κ1) is 12.1. The molecular weight excluding hydrogens is 312 g/mol. The van der Waals surface area contributed by atoms with E-state index in [2.05, 4.69) is 19.2 Å². The molecule has 0 aliphatic carbocycles. The van der Waals surface area contributed by atoms with Gasteiger partial charge in [0.25, 0.3) is 0 Å². The van der Waals surface area contributed by atoms with Gasteiger partial charge in [-0.25, -0.2) is 0 Å². The fourth-order valence-electron chi connectivity index (χ4n) is 0.433. The zero-order valence-corrected chi connectivity index (χ0v) is 12.0. The van der Waals surface area contributed by atoms with Crippen LogP contribution >= 0.6 is 0 Å². The summed E-state index contributed by atoms with van der Waals surface area (Å²) in [5.74, 6) is 0.840. The van der Waals surface area contributed by atoms with Gasteiger partial charge >= 0.3 is 0 Å². The topological polar surface area (TPSA) is 12.0 Å². The van der Waals surface area contributed by atoms with Gasteiger partial charge in [0.15, 0.2) is 0 Å². The summed E-state index contributed by atoms with van der Waals surface area (Å²) in [7, 11) is 1.99. The molecular formula is C6H15NRa. The average molecular weight is 327 g/mol. The Morgan fingerprint density at radius 3 is 2.00 bits per heavy atom. The molecule has 0 aliphatic heterocycles. The molecule has 1 nitrogen and oxygen atoms in total. The van der Waals surface area contributed by atoms with Gasteiger partial charge in [0.1, 0.15) is 0 Å². The number of hydrogen-bond acceptors (Lipinski definition) is 1. The SMILES string of the molecule is CNCCC(C)C.[Ra]. The second-order valence-corrected chi connectivity index (χ2v) is 2.29. The van der Waals surface area contributed by atoms with Crippen molar-refractivity contribution in [1.29, 1.82) is 0 Å². The third-order valence-electron chi connectivity index (χ3n) is 0.972. The molecule has 0 aromatic heterocycles. The first-order valence-corrected chi connectivity index (χ1v) is 2.92. The Labute approximate surface area is 89.1 Å². The molecule has 0 spiro atoms. The maximum Gasteiger partial charge on any atom is 0 e. The molecule has 0 amide bonds. The molecule has 0 unspecified atom stereocenters.